The Hall–Kier alpha value is -2.53. The van der Waals surface area contributed by atoms with E-state index in [0.717, 1.165) is 27.9 Å². The molecule has 138 valence electrons. The zero-order chi connectivity index (χ0) is 19.3. The molecule has 1 atom stereocenters. The van der Waals surface area contributed by atoms with Gasteiger partial charge in [-0.3, -0.25) is 4.79 Å². The lowest BCUT2D eigenvalue weighted by Crippen LogP contribution is -2.41. The summed E-state index contributed by atoms with van der Waals surface area (Å²) in [7, 11) is 0. The van der Waals surface area contributed by atoms with Crippen LogP contribution in [0.3, 0.4) is 0 Å². The first kappa shape index (κ1) is 19.8. The van der Waals surface area contributed by atoms with Crippen molar-refractivity contribution in [2.45, 2.75) is 33.7 Å². The van der Waals surface area contributed by atoms with Crippen LogP contribution in [0.2, 0.25) is 5.02 Å². The molecule has 0 radical (unpaired) electrons. The highest BCUT2D eigenvalue weighted by molar-refractivity contribution is 6.30. The maximum atomic E-state index is 12.1. The smallest absolute Gasteiger partial charge is 0.315 e. The predicted molar refractivity (Wildman–Crippen MR) is 106 cm³/mol. The molecule has 0 aliphatic heterocycles. The first-order valence-corrected chi connectivity index (χ1v) is 8.81. The van der Waals surface area contributed by atoms with E-state index in [-0.39, 0.29) is 18.5 Å². The van der Waals surface area contributed by atoms with Crippen molar-refractivity contribution in [2.24, 2.45) is 0 Å². The average Bonchev–Trinajstić information content (AvgIpc) is 2.56. The number of halogens is 1. The molecule has 3 amide bonds. The molecule has 0 aliphatic carbocycles. The van der Waals surface area contributed by atoms with E-state index in [9.17, 15) is 9.59 Å². The van der Waals surface area contributed by atoms with Crippen molar-refractivity contribution in [1.82, 2.24) is 10.6 Å². The van der Waals surface area contributed by atoms with E-state index in [1.807, 2.05) is 52.0 Å². The number of aryl methyl sites for hydroxylation is 3. The molecule has 0 saturated heterocycles. The van der Waals surface area contributed by atoms with E-state index in [1.165, 1.54) is 0 Å². The largest absolute Gasteiger partial charge is 0.332 e. The highest BCUT2D eigenvalue weighted by Crippen LogP contribution is 2.21. The Labute approximate surface area is 159 Å². The number of hydrogen-bond acceptors (Lipinski definition) is 2. The SMILES string of the molecule is Cc1cc(C)c(NC(=O)CNC(=O)NC(C)c2ccc(Cl)cc2)c(C)c1. The van der Waals surface area contributed by atoms with Crippen molar-refractivity contribution >= 4 is 29.2 Å². The van der Waals surface area contributed by atoms with Gasteiger partial charge in [-0.2, -0.15) is 0 Å². The van der Waals surface area contributed by atoms with Crippen molar-refractivity contribution < 1.29 is 9.59 Å². The summed E-state index contributed by atoms with van der Waals surface area (Å²) in [4.78, 5) is 24.1. The third-order valence-corrected chi connectivity index (χ3v) is 4.32. The van der Waals surface area contributed by atoms with E-state index >= 15 is 0 Å². The fourth-order valence-electron chi connectivity index (χ4n) is 2.80. The van der Waals surface area contributed by atoms with Gasteiger partial charge in [0.2, 0.25) is 5.91 Å². The fraction of sp³-hybridized carbons (Fsp3) is 0.300. The molecule has 0 aromatic heterocycles. The molecule has 26 heavy (non-hydrogen) atoms. The minimum Gasteiger partial charge on any atom is -0.332 e. The molecule has 5 nitrogen and oxygen atoms in total. The first-order chi connectivity index (χ1) is 12.3. The quantitative estimate of drug-likeness (QED) is 0.732. The molecule has 1 unspecified atom stereocenters. The van der Waals surface area contributed by atoms with Crippen molar-refractivity contribution in [3.8, 4) is 0 Å². The molecule has 3 N–H and O–H groups in total. The van der Waals surface area contributed by atoms with E-state index in [1.54, 1.807) is 12.1 Å². The van der Waals surface area contributed by atoms with Crippen molar-refractivity contribution in [3.63, 3.8) is 0 Å². The molecule has 0 bridgehead atoms. The molecule has 0 heterocycles. The zero-order valence-corrected chi connectivity index (χ0v) is 16.2. The number of anilines is 1. The second kappa shape index (κ2) is 8.72. The van der Waals surface area contributed by atoms with E-state index in [2.05, 4.69) is 16.0 Å². The Balaban J connectivity index is 1.85. The lowest BCUT2D eigenvalue weighted by Gasteiger charge is -2.16. The maximum Gasteiger partial charge on any atom is 0.315 e. The Morgan fingerprint density at radius 2 is 1.62 bits per heavy atom. The van der Waals surface area contributed by atoms with Crippen molar-refractivity contribution in [3.05, 3.63) is 63.7 Å². The number of carbonyl (C=O) groups excluding carboxylic acids is 2. The Kier molecular flexibility index (Phi) is 6.64. The average molecular weight is 374 g/mol. The molecule has 0 fully saturated rings. The summed E-state index contributed by atoms with van der Waals surface area (Å²) in [5.41, 5.74) is 4.86. The van der Waals surface area contributed by atoms with Crippen molar-refractivity contribution in [1.29, 1.82) is 0 Å². The van der Waals surface area contributed by atoms with Crippen LogP contribution >= 0.6 is 11.6 Å². The number of rotatable bonds is 5. The summed E-state index contributed by atoms with van der Waals surface area (Å²) < 4.78 is 0. The minimum absolute atomic E-state index is 0.105. The Morgan fingerprint density at radius 1 is 1.04 bits per heavy atom. The van der Waals surface area contributed by atoms with E-state index in [0.29, 0.717) is 5.02 Å². The lowest BCUT2D eigenvalue weighted by molar-refractivity contribution is -0.115. The van der Waals surface area contributed by atoms with E-state index < -0.39 is 6.03 Å². The molecule has 2 aromatic rings. The van der Waals surface area contributed by atoms with Gasteiger partial charge in [0.15, 0.2) is 0 Å². The van der Waals surface area contributed by atoms with Gasteiger partial charge in [-0.05, 0) is 56.5 Å². The van der Waals surface area contributed by atoms with Gasteiger partial charge < -0.3 is 16.0 Å². The topological polar surface area (TPSA) is 70.2 Å². The second-order valence-corrected chi connectivity index (χ2v) is 6.86. The molecule has 0 spiro atoms. The van der Waals surface area contributed by atoms with E-state index in [4.69, 9.17) is 11.6 Å². The summed E-state index contributed by atoms with van der Waals surface area (Å²) >= 11 is 5.86. The van der Waals surface area contributed by atoms with Crippen LogP contribution in [0.5, 0.6) is 0 Å². The summed E-state index contributed by atoms with van der Waals surface area (Å²) in [5.74, 6) is -0.269. The Morgan fingerprint density at radius 3 is 2.19 bits per heavy atom. The standard InChI is InChI=1S/C20H24ClN3O2/c1-12-9-13(2)19(14(3)10-12)24-18(25)11-22-20(26)23-15(4)16-5-7-17(21)8-6-16/h5-10,15H,11H2,1-4H3,(H,24,25)(H2,22,23,26). The summed E-state index contributed by atoms with van der Waals surface area (Å²) in [6, 6.07) is 10.7. The maximum absolute atomic E-state index is 12.1. The highest BCUT2D eigenvalue weighted by atomic mass is 35.5. The number of nitrogens with one attached hydrogen (secondary N) is 3. The minimum atomic E-state index is -0.403. The van der Waals surface area contributed by atoms with Crippen molar-refractivity contribution in [2.75, 3.05) is 11.9 Å². The van der Waals surface area contributed by atoms with Gasteiger partial charge in [0.1, 0.15) is 0 Å². The predicted octanol–water partition coefficient (Wildman–Crippen LogP) is 4.26. The van der Waals surface area contributed by atoms with Crippen LogP contribution in [-0.2, 0) is 4.79 Å². The van der Waals surface area contributed by atoms with Crippen LogP contribution in [0.25, 0.3) is 0 Å². The van der Waals surface area contributed by atoms with Crippen LogP contribution in [0.15, 0.2) is 36.4 Å². The van der Waals surface area contributed by atoms with Gasteiger partial charge in [0.05, 0.1) is 12.6 Å². The monoisotopic (exact) mass is 373 g/mol. The third-order valence-electron chi connectivity index (χ3n) is 4.07. The molecule has 2 rings (SSSR count). The fourth-order valence-corrected chi connectivity index (χ4v) is 2.93. The van der Waals surface area contributed by atoms with Gasteiger partial charge >= 0.3 is 6.03 Å². The number of carbonyl (C=O) groups is 2. The van der Waals surface area contributed by atoms with Crippen LogP contribution in [0.1, 0.15) is 35.2 Å². The molecule has 0 aliphatic rings. The van der Waals surface area contributed by atoms with Crippen LogP contribution in [-0.4, -0.2) is 18.5 Å². The normalized spacial score (nSPS) is 11.6. The first-order valence-electron chi connectivity index (χ1n) is 8.44. The third kappa shape index (κ3) is 5.49. The number of hydrogen-bond donors (Lipinski definition) is 3. The van der Waals surface area contributed by atoms with Gasteiger partial charge in [0.25, 0.3) is 0 Å². The lowest BCUT2D eigenvalue weighted by atomic mass is 10.1. The van der Waals surface area contributed by atoms with Crippen LogP contribution < -0.4 is 16.0 Å². The van der Waals surface area contributed by atoms with Gasteiger partial charge in [-0.15, -0.1) is 0 Å². The molecule has 6 heteroatoms. The van der Waals surface area contributed by atoms with Gasteiger partial charge in [0, 0.05) is 10.7 Å². The summed E-state index contributed by atoms with van der Waals surface area (Å²) in [6.07, 6.45) is 0. The highest BCUT2D eigenvalue weighted by Gasteiger charge is 2.12. The zero-order valence-electron chi connectivity index (χ0n) is 15.4. The molecular weight excluding hydrogens is 350 g/mol. The van der Waals surface area contributed by atoms with Crippen LogP contribution in [0, 0.1) is 20.8 Å². The van der Waals surface area contributed by atoms with Gasteiger partial charge in [-0.1, -0.05) is 41.4 Å². The molecule has 0 saturated carbocycles. The second-order valence-electron chi connectivity index (χ2n) is 6.42. The molecule has 2 aromatic carbocycles. The molecular formula is C20H24ClN3O2. The Bertz CT molecular complexity index is 780. The summed E-state index contributed by atoms with van der Waals surface area (Å²) in [6.45, 7) is 7.67. The number of benzene rings is 2. The number of amides is 3. The van der Waals surface area contributed by atoms with Crippen LogP contribution in [0.4, 0.5) is 10.5 Å². The summed E-state index contributed by atoms with van der Waals surface area (Å²) in [5, 5.41) is 8.87. The number of urea groups is 1. The van der Waals surface area contributed by atoms with Gasteiger partial charge in [-0.25, -0.2) is 4.79 Å².